The second kappa shape index (κ2) is 4.85. The van der Waals surface area contributed by atoms with Crippen molar-refractivity contribution in [3.05, 3.63) is 10.6 Å². The van der Waals surface area contributed by atoms with E-state index in [0.717, 1.165) is 23.0 Å². The van der Waals surface area contributed by atoms with Gasteiger partial charge in [-0.25, -0.2) is 9.78 Å². The highest BCUT2D eigenvalue weighted by molar-refractivity contribution is 7.15. The molecule has 2 unspecified atom stereocenters. The summed E-state index contributed by atoms with van der Waals surface area (Å²) in [4.78, 5) is 16.7. The van der Waals surface area contributed by atoms with Gasteiger partial charge in [-0.2, -0.15) is 0 Å². The lowest BCUT2D eigenvalue weighted by molar-refractivity contribution is 0.0594. The van der Waals surface area contributed by atoms with E-state index in [9.17, 15) is 4.79 Å². The largest absolute Gasteiger partial charge is 0.464 e. The summed E-state index contributed by atoms with van der Waals surface area (Å²) in [7, 11) is 1.36. The first-order valence-electron chi connectivity index (χ1n) is 5.92. The Labute approximate surface area is 111 Å². The summed E-state index contributed by atoms with van der Waals surface area (Å²) in [6.45, 7) is 6.77. The molecule has 0 bridgehead atoms. The summed E-state index contributed by atoms with van der Waals surface area (Å²) in [5.41, 5.74) is 0.262. The normalized spacial score (nSPS) is 27.2. The summed E-state index contributed by atoms with van der Waals surface area (Å²) in [5.74, 6) is -0.391. The van der Waals surface area contributed by atoms with Crippen LogP contribution in [0.5, 0.6) is 0 Å². The van der Waals surface area contributed by atoms with E-state index in [2.05, 4.69) is 17.2 Å². The fourth-order valence-corrected chi connectivity index (χ4v) is 2.92. The summed E-state index contributed by atoms with van der Waals surface area (Å²) >= 11 is 1.47. The molecular formula is C12H18N2O3S. The molecule has 0 radical (unpaired) electrons. The number of thiazole rings is 1. The average Bonchev–Trinajstić information content (AvgIpc) is 2.83. The van der Waals surface area contributed by atoms with E-state index in [4.69, 9.17) is 9.47 Å². The van der Waals surface area contributed by atoms with Gasteiger partial charge in [0.2, 0.25) is 0 Å². The quantitative estimate of drug-likeness (QED) is 0.853. The van der Waals surface area contributed by atoms with Gasteiger partial charge in [0, 0.05) is 11.5 Å². The van der Waals surface area contributed by atoms with E-state index in [1.54, 1.807) is 0 Å². The SMILES string of the molecule is COC(=O)c1nc(NC2(C)CCOC2C)sc1C. The number of nitrogens with zero attached hydrogens (tertiary/aromatic N) is 1. The fourth-order valence-electron chi connectivity index (χ4n) is 1.98. The Hall–Kier alpha value is -1.14. The van der Waals surface area contributed by atoms with Gasteiger partial charge in [0.25, 0.3) is 0 Å². The van der Waals surface area contributed by atoms with Gasteiger partial charge in [-0.15, -0.1) is 11.3 Å². The maximum atomic E-state index is 11.5. The van der Waals surface area contributed by atoms with Crippen molar-refractivity contribution in [2.24, 2.45) is 0 Å². The van der Waals surface area contributed by atoms with E-state index < -0.39 is 5.97 Å². The predicted octanol–water partition coefficient (Wildman–Crippen LogP) is 2.22. The van der Waals surface area contributed by atoms with E-state index in [-0.39, 0.29) is 11.6 Å². The Bertz CT molecular complexity index is 460. The lowest BCUT2D eigenvalue weighted by atomic mass is 9.95. The van der Waals surface area contributed by atoms with Crippen molar-refractivity contribution in [2.45, 2.75) is 38.8 Å². The van der Waals surface area contributed by atoms with E-state index in [0.29, 0.717) is 5.69 Å². The summed E-state index contributed by atoms with van der Waals surface area (Å²) in [6, 6.07) is 0. The first-order chi connectivity index (χ1) is 8.46. The molecule has 0 spiro atoms. The van der Waals surface area contributed by atoms with E-state index >= 15 is 0 Å². The Morgan fingerprint density at radius 1 is 1.67 bits per heavy atom. The third-order valence-corrected chi connectivity index (χ3v) is 4.34. The number of anilines is 1. The number of carbonyl (C=O) groups is 1. The van der Waals surface area contributed by atoms with Crippen molar-refractivity contribution >= 4 is 22.4 Å². The topological polar surface area (TPSA) is 60.5 Å². The van der Waals surface area contributed by atoms with E-state index in [1.165, 1.54) is 18.4 Å². The molecule has 0 aromatic carbocycles. The molecule has 5 nitrogen and oxygen atoms in total. The molecule has 0 saturated carbocycles. The standard InChI is InChI=1S/C12H18N2O3S/c1-7-9(10(15)16-4)13-11(18-7)14-12(3)5-6-17-8(12)2/h8H,5-6H2,1-4H3,(H,13,14). The second-order valence-corrected chi connectivity index (χ2v) is 5.92. The average molecular weight is 270 g/mol. The predicted molar refractivity (Wildman–Crippen MR) is 70.2 cm³/mol. The van der Waals surface area contributed by atoms with Crippen molar-refractivity contribution in [1.29, 1.82) is 0 Å². The maximum Gasteiger partial charge on any atom is 0.357 e. The number of carbonyl (C=O) groups excluding carboxylic acids is 1. The van der Waals surface area contributed by atoms with Crippen LogP contribution < -0.4 is 5.32 Å². The Balaban J connectivity index is 2.18. The molecule has 1 aromatic heterocycles. The number of rotatable bonds is 3. The minimum absolute atomic E-state index is 0.127. The molecule has 1 aliphatic heterocycles. The van der Waals surface area contributed by atoms with Crippen molar-refractivity contribution < 1.29 is 14.3 Å². The molecule has 0 amide bonds. The minimum atomic E-state index is -0.391. The van der Waals surface area contributed by atoms with Crippen LogP contribution in [0.4, 0.5) is 5.13 Å². The van der Waals surface area contributed by atoms with Crippen LogP contribution in [0.1, 0.15) is 35.6 Å². The number of aromatic nitrogens is 1. The summed E-state index contributed by atoms with van der Waals surface area (Å²) in [6.07, 6.45) is 1.06. The van der Waals surface area contributed by atoms with Gasteiger partial charge in [0.1, 0.15) is 0 Å². The minimum Gasteiger partial charge on any atom is -0.464 e. The summed E-state index contributed by atoms with van der Waals surface area (Å²) < 4.78 is 10.3. The van der Waals surface area contributed by atoms with Gasteiger partial charge in [-0.3, -0.25) is 0 Å². The Morgan fingerprint density at radius 2 is 2.39 bits per heavy atom. The van der Waals surface area contributed by atoms with Crippen molar-refractivity contribution in [3.63, 3.8) is 0 Å². The Kier molecular flexibility index (Phi) is 3.59. The van der Waals surface area contributed by atoms with Crippen LogP contribution in [-0.2, 0) is 9.47 Å². The first-order valence-corrected chi connectivity index (χ1v) is 6.73. The van der Waals surface area contributed by atoms with Gasteiger partial charge >= 0.3 is 5.97 Å². The monoisotopic (exact) mass is 270 g/mol. The molecule has 6 heteroatoms. The highest BCUT2D eigenvalue weighted by Gasteiger charge is 2.37. The highest BCUT2D eigenvalue weighted by atomic mass is 32.1. The fraction of sp³-hybridized carbons (Fsp3) is 0.667. The van der Waals surface area contributed by atoms with Crippen LogP contribution in [0.15, 0.2) is 0 Å². The lowest BCUT2D eigenvalue weighted by Gasteiger charge is -2.28. The van der Waals surface area contributed by atoms with Crippen LogP contribution in [0.3, 0.4) is 0 Å². The van der Waals surface area contributed by atoms with Gasteiger partial charge in [0.15, 0.2) is 10.8 Å². The Morgan fingerprint density at radius 3 is 2.94 bits per heavy atom. The van der Waals surface area contributed by atoms with Crippen LogP contribution >= 0.6 is 11.3 Å². The lowest BCUT2D eigenvalue weighted by Crippen LogP contribution is -2.41. The zero-order valence-corrected chi connectivity index (χ0v) is 11.9. The van der Waals surface area contributed by atoms with E-state index in [1.807, 2.05) is 13.8 Å². The number of hydrogen-bond acceptors (Lipinski definition) is 6. The zero-order valence-electron chi connectivity index (χ0n) is 11.1. The van der Waals surface area contributed by atoms with Gasteiger partial charge in [0.05, 0.1) is 18.8 Å². The first kappa shape index (κ1) is 13.3. The van der Waals surface area contributed by atoms with Crippen LogP contribution in [0.2, 0.25) is 0 Å². The smallest absolute Gasteiger partial charge is 0.357 e. The molecule has 1 saturated heterocycles. The van der Waals surface area contributed by atoms with Gasteiger partial charge in [-0.05, 0) is 27.2 Å². The number of methoxy groups -OCH3 is 1. The number of nitrogens with one attached hydrogen (secondary N) is 1. The highest BCUT2D eigenvalue weighted by Crippen LogP contribution is 2.32. The molecule has 2 heterocycles. The van der Waals surface area contributed by atoms with Crippen LogP contribution in [0.25, 0.3) is 0 Å². The van der Waals surface area contributed by atoms with Gasteiger partial charge in [-0.1, -0.05) is 0 Å². The molecule has 1 N–H and O–H groups in total. The van der Waals surface area contributed by atoms with Crippen molar-refractivity contribution in [3.8, 4) is 0 Å². The van der Waals surface area contributed by atoms with Crippen LogP contribution in [-0.4, -0.2) is 36.3 Å². The number of esters is 1. The van der Waals surface area contributed by atoms with Crippen molar-refractivity contribution in [2.75, 3.05) is 19.0 Å². The molecule has 2 rings (SSSR count). The maximum absolute atomic E-state index is 11.5. The third kappa shape index (κ3) is 2.35. The molecular weight excluding hydrogens is 252 g/mol. The molecule has 100 valence electrons. The zero-order chi connectivity index (χ0) is 13.3. The molecule has 1 aromatic rings. The number of hydrogen-bond donors (Lipinski definition) is 1. The molecule has 18 heavy (non-hydrogen) atoms. The molecule has 2 atom stereocenters. The third-order valence-electron chi connectivity index (χ3n) is 3.45. The molecule has 1 fully saturated rings. The summed E-state index contributed by atoms with van der Waals surface area (Å²) in [5, 5.41) is 4.13. The molecule has 0 aliphatic carbocycles. The molecule has 1 aliphatic rings. The van der Waals surface area contributed by atoms with Crippen molar-refractivity contribution in [1.82, 2.24) is 4.98 Å². The van der Waals surface area contributed by atoms with Gasteiger partial charge < -0.3 is 14.8 Å². The number of ether oxygens (including phenoxy) is 2. The number of aryl methyl sites for hydroxylation is 1. The second-order valence-electron chi connectivity index (χ2n) is 4.72. The van der Waals surface area contributed by atoms with Crippen LogP contribution in [0, 0.1) is 6.92 Å².